The van der Waals surface area contributed by atoms with Crippen molar-refractivity contribution in [2.75, 3.05) is 13.1 Å². The smallest absolute Gasteiger partial charge is 0.125 e. The first kappa shape index (κ1) is 11.4. The number of nitrogens with one attached hydrogen (secondary N) is 1. The summed E-state index contributed by atoms with van der Waals surface area (Å²) >= 11 is 0. The van der Waals surface area contributed by atoms with E-state index in [1.165, 1.54) is 5.56 Å². The Morgan fingerprint density at radius 2 is 2.12 bits per heavy atom. The highest BCUT2D eigenvalue weighted by Gasteiger charge is 2.40. The molecular weight excluding hydrogens is 200 g/mol. The summed E-state index contributed by atoms with van der Waals surface area (Å²) in [5.74, 6) is 0.998. The molecule has 16 heavy (non-hydrogen) atoms. The van der Waals surface area contributed by atoms with Crippen molar-refractivity contribution < 1.29 is 4.74 Å². The molecule has 3 nitrogen and oxygen atoms in total. The first-order chi connectivity index (χ1) is 7.65. The molecule has 1 aromatic carbocycles. The summed E-state index contributed by atoms with van der Waals surface area (Å²) in [5, 5.41) is 3.52. The minimum atomic E-state index is -0.182. The third-order valence-corrected chi connectivity index (χ3v) is 3.03. The van der Waals surface area contributed by atoms with Crippen LogP contribution in [0, 0.1) is 0 Å². The highest BCUT2D eigenvalue weighted by molar-refractivity contribution is 5.42. The average molecular weight is 220 g/mol. The van der Waals surface area contributed by atoms with Crippen LogP contribution in [-0.4, -0.2) is 18.7 Å². The topological polar surface area (TPSA) is 47.3 Å². The Labute approximate surface area is 97.0 Å². The van der Waals surface area contributed by atoms with E-state index in [0.29, 0.717) is 0 Å². The van der Waals surface area contributed by atoms with Crippen LogP contribution < -0.4 is 15.8 Å². The van der Waals surface area contributed by atoms with Gasteiger partial charge in [-0.2, -0.15) is 0 Å². The summed E-state index contributed by atoms with van der Waals surface area (Å²) in [6.07, 6.45) is 0.995. The highest BCUT2D eigenvalue weighted by atomic mass is 16.5. The summed E-state index contributed by atoms with van der Waals surface area (Å²) < 4.78 is 5.94. The van der Waals surface area contributed by atoms with Gasteiger partial charge in [0.1, 0.15) is 11.4 Å². The van der Waals surface area contributed by atoms with Gasteiger partial charge in [-0.1, -0.05) is 18.2 Å². The van der Waals surface area contributed by atoms with Crippen molar-refractivity contribution in [3.8, 4) is 5.75 Å². The van der Waals surface area contributed by atoms with Crippen molar-refractivity contribution in [2.45, 2.75) is 31.9 Å². The molecule has 3 heteroatoms. The fourth-order valence-electron chi connectivity index (χ4n) is 2.23. The Balaban J connectivity index is 2.15. The van der Waals surface area contributed by atoms with E-state index >= 15 is 0 Å². The number of hydrogen-bond acceptors (Lipinski definition) is 3. The Kier molecular flexibility index (Phi) is 3.17. The molecule has 1 heterocycles. The molecule has 3 N–H and O–H groups in total. The van der Waals surface area contributed by atoms with Crippen molar-refractivity contribution in [1.29, 1.82) is 0 Å². The van der Waals surface area contributed by atoms with Gasteiger partial charge < -0.3 is 15.8 Å². The molecule has 0 spiro atoms. The van der Waals surface area contributed by atoms with Crippen molar-refractivity contribution in [3.63, 3.8) is 0 Å². The lowest BCUT2D eigenvalue weighted by molar-refractivity contribution is 0.0966. The second-order valence-corrected chi connectivity index (χ2v) is 4.77. The molecule has 0 radical (unpaired) electrons. The number of nitrogens with two attached hydrogens (primary N) is 1. The highest BCUT2D eigenvalue weighted by Crippen LogP contribution is 2.42. The molecule has 1 aromatic rings. The van der Waals surface area contributed by atoms with Crippen molar-refractivity contribution in [2.24, 2.45) is 5.73 Å². The first-order valence-corrected chi connectivity index (χ1v) is 5.86. The normalized spacial score (nSPS) is 21.6. The summed E-state index contributed by atoms with van der Waals surface area (Å²) in [6.45, 7) is 5.89. The molecule has 0 fully saturated rings. The zero-order valence-electron chi connectivity index (χ0n) is 9.99. The van der Waals surface area contributed by atoms with Crippen LogP contribution >= 0.6 is 0 Å². The zero-order valence-corrected chi connectivity index (χ0v) is 9.99. The van der Waals surface area contributed by atoms with Crippen LogP contribution in [0.25, 0.3) is 0 Å². The molecular formula is C13H20N2O. The van der Waals surface area contributed by atoms with Gasteiger partial charge in [-0.15, -0.1) is 0 Å². The number of rotatable bonds is 4. The lowest BCUT2D eigenvalue weighted by atomic mass is 9.94. The largest absolute Gasteiger partial charge is 0.486 e. The standard InChI is InChI=1S/C13H20N2O/c1-13(2)12(15-9-5-8-14)10-6-3-4-7-11(10)16-13/h3-4,6-7,12,15H,5,8-9,14H2,1-2H3. The molecule has 0 aliphatic carbocycles. The Bertz CT molecular complexity index is 363. The molecule has 0 bridgehead atoms. The maximum atomic E-state index is 5.94. The van der Waals surface area contributed by atoms with Crippen molar-refractivity contribution in [1.82, 2.24) is 5.32 Å². The molecule has 0 saturated heterocycles. The number of para-hydroxylation sites is 1. The van der Waals surface area contributed by atoms with E-state index in [1.54, 1.807) is 0 Å². The van der Waals surface area contributed by atoms with Crippen LogP contribution in [0.4, 0.5) is 0 Å². The van der Waals surface area contributed by atoms with Gasteiger partial charge in [0, 0.05) is 5.56 Å². The Hall–Kier alpha value is -1.06. The van der Waals surface area contributed by atoms with Gasteiger partial charge in [0.15, 0.2) is 0 Å². The van der Waals surface area contributed by atoms with Gasteiger partial charge in [0.05, 0.1) is 6.04 Å². The van der Waals surface area contributed by atoms with E-state index in [4.69, 9.17) is 10.5 Å². The summed E-state index contributed by atoms with van der Waals surface area (Å²) in [5.41, 5.74) is 6.58. The molecule has 0 amide bonds. The third-order valence-electron chi connectivity index (χ3n) is 3.03. The minimum Gasteiger partial charge on any atom is -0.486 e. The maximum Gasteiger partial charge on any atom is 0.125 e. The number of ether oxygens (including phenoxy) is 1. The SMILES string of the molecule is CC1(C)Oc2ccccc2C1NCCCN. The van der Waals surface area contributed by atoms with Crippen molar-refractivity contribution in [3.05, 3.63) is 29.8 Å². The Morgan fingerprint density at radius 3 is 2.88 bits per heavy atom. The van der Waals surface area contributed by atoms with E-state index in [0.717, 1.165) is 25.3 Å². The fourth-order valence-corrected chi connectivity index (χ4v) is 2.23. The van der Waals surface area contributed by atoms with Gasteiger partial charge in [0.2, 0.25) is 0 Å². The zero-order chi connectivity index (χ0) is 11.6. The quantitative estimate of drug-likeness (QED) is 0.761. The second-order valence-electron chi connectivity index (χ2n) is 4.77. The monoisotopic (exact) mass is 220 g/mol. The molecule has 1 aliphatic rings. The van der Waals surface area contributed by atoms with E-state index in [1.807, 2.05) is 12.1 Å². The van der Waals surface area contributed by atoms with Crippen LogP contribution in [0.1, 0.15) is 31.9 Å². The molecule has 1 atom stereocenters. The van der Waals surface area contributed by atoms with Gasteiger partial charge in [0.25, 0.3) is 0 Å². The molecule has 2 rings (SSSR count). The van der Waals surface area contributed by atoms with Crippen LogP contribution in [0.15, 0.2) is 24.3 Å². The number of benzene rings is 1. The summed E-state index contributed by atoms with van der Waals surface area (Å²) in [4.78, 5) is 0. The van der Waals surface area contributed by atoms with Crippen LogP contribution in [-0.2, 0) is 0 Å². The predicted octanol–water partition coefficient (Wildman–Crippen LogP) is 1.84. The number of fused-ring (bicyclic) bond motifs is 1. The molecule has 0 aromatic heterocycles. The predicted molar refractivity (Wildman–Crippen MR) is 65.6 cm³/mol. The maximum absolute atomic E-state index is 5.94. The van der Waals surface area contributed by atoms with Crippen LogP contribution in [0.3, 0.4) is 0 Å². The van der Waals surface area contributed by atoms with Crippen LogP contribution in [0.2, 0.25) is 0 Å². The Morgan fingerprint density at radius 1 is 1.38 bits per heavy atom. The lowest BCUT2D eigenvalue weighted by Crippen LogP contribution is -2.39. The number of hydrogen-bond donors (Lipinski definition) is 2. The first-order valence-electron chi connectivity index (χ1n) is 5.86. The third kappa shape index (κ3) is 2.06. The van der Waals surface area contributed by atoms with Gasteiger partial charge in [-0.05, 0) is 39.4 Å². The molecule has 1 aliphatic heterocycles. The van der Waals surface area contributed by atoms with E-state index in [2.05, 4.69) is 31.3 Å². The average Bonchev–Trinajstić information content (AvgIpc) is 2.50. The molecule has 1 unspecified atom stereocenters. The minimum absolute atomic E-state index is 0.182. The lowest BCUT2D eigenvalue weighted by Gasteiger charge is -2.27. The van der Waals surface area contributed by atoms with E-state index < -0.39 is 0 Å². The second kappa shape index (κ2) is 4.44. The molecule has 0 saturated carbocycles. The van der Waals surface area contributed by atoms with Gasteiger partial charge >= 0.3 is 0 Å². The summed E-state index contributed by atoms with van der Waals surface area (Å²) in [6, 6.07) is 8.49. The fraction of sp³-hybridized carbons (Fsp3) is 0.538. The van der Waals surface area contributed by atoms with E-state index in [-0.39, 0.29) is 11.6 Å². The van der Waals surface area contributed by atoms with Gasteiger partial charge in [-0.3, -0.25) is 0 Å². The molecule has 88 valence electrons. The van der Waals surface area contributed by atoms with Crippen LogP contribution in [0.5, 0.6) is 5.75 Å². The summed E-state index contributed by atoms with van der Waals surface area (Å²) in [7, 11) is 0. The van der Waals surface area contributed by atoms with Crippen molar-refractivity contribution >= 4 is 0 Å². The van der Waals surface area contributed by atoms with E-state index in [9.17, 15) is 0 Å². The van der Waals surface area contributed by atoms with Gasteiger partial charge in [-0.25, -0.2) is 0 Å².